The highest BCUT2D eigenvalue weighted by atomic mass is 32.2. The van der Waals surface area contributed by atoms with Crippen LogP contribution in [0.25, 0.3) is 11.1 Å². The lowest BCUT2D eigenvalue weighted by molar-refractivity contribution is 0.531. The first-order valence-corrected chi connectivity index (χ1v) is 11.0. The molecule has 4 aromatic rings. The molecule has 2 aromatic carbocycles. The predicted octanol–water partition coefficient (Wildman–Crippen LogP) is 3.16. The van der Waals surface area contributed by atoms with Crippen molar-refractivity contribution in [2.45, 2.75) is 18.7 Å². The number of sulfone groups is 1. The summed E-state index contributed by atoms with van der Waals surface area (Å²) in [6, 6.07) is 8.96. The normalized spacial score (nSPS) is 11.6. The Hall–Kier alpha value is -3.73. The molecule has 0 amide bonds. The molecule has 31 heavy (non-hydrogen) atoms. The van der Waals surface area contributed by atoms with Crippen LogP contribution in [0.5, 0.6) is 0 Å². The first kappa shape index (κ1) is 20.5. The summed E-state index contributed by atoms with van der Waals surface area (Å²) in [6.07, 6.45) is 2.45. The van der Waals surface area contributed by atoms with Crippen molar-refractivity contribution in [3.8, 4) is 0 Å². The summed E-state index contributed by atoms with van der Waals surface area (Å²) in [7, 11) is -3.74. The van der Waals surface area contributed by atoms with Gasteiger partial charge in [-0.2, -0.15) is 9.66 Å². The summed E-state index contributed by atoms with van der Waals surface area (Å²) in [5, 5.41) is 2.85. The summed E-state index contributed by atoms with van der Waals surface area (Å²) in [5.74, 6) is -1.000. The quantitative estimate of drug-likeness (QED) is 0.483. The van der Waals surface area contributed by atoms with Gasteiger partial charge in [-0.1, -0.05) is 12.1 Å². The van der Waals surface area contributed by atoms with Crippen LogP contribution in [0.2, 0.25) is 0 Å². The fourth-order valence-corrected chi connectivity index (χ4v) is 3.76. The van der Waals surface area contributed by atoms with Gasteiger partial charge in [-0.25, -0.2) is 22.6 Å². The fraction of sp³-hybridized carbons (Fsp3) is 0.150. The molecule has 2 N–H and O–H groups in total. The molecule has 0 aliphatic heterocycles. The third-order valence-electron chi connectivity index (χ3n) is 4.58. The van der Waals surface area contributed by atoms with Crippen LogP contribution in [0.15, 0.2) is 56.7 Å². The van der Waals surface area contributed by atoms with Gasteiger partial charge in [0.2, 0.25) is 5.95 Å². The van der Waals surface area contributed by atoms with Crippen LogP contribution in [0, 0.1) is 19.7 Å². The predicted molar refractivity (Wildman–Crippen MR) is 114 cm³/mol. The number of anilines is 3. The summed E-state index contributed by atoms with van der Waals surface area (Å²) in [6.45, 7) is 3.59. The number of hydrogen-bond acceptors (Lipinski definition) is 8. The summed E-state index contributed by atoms with van der Waals surface area (Å²) in [4.78, 5) is 20.4. The fourth-order valence-electron chi connectivity index (χ4n) is 3.00. The van der Waals surface area contributed by atoms with E-state index in [-0.39, 0.29) is 11.6 Å². The van der Waals surface area contributed by atoms with Crippen molar-refractivity contribution in [1.82, 2.24) is 14.6 Å². The Balaban J connectivity index is 1.69. The van der Waals surface area contributed by atoms with Gasteiger partial charge in [0.05, 0.1) is 0 Å². The highest BCUT2D eigenvalue weighted by Crippen LogP contribution is 2.23. The molecule has 0 spiro atoms. The van der Waals surface area contributed by atoms with E-state index in [1.807, 2.05) is 13.0 Å². The van der Waals surface area contributed by atoms with Crippen LogP contribution in [0.1, 0.15) is 11.1 Å². The largest absolute Gasteiger partial charge is 0.439 e. The van der Waals surface area contributed by atoms with Crippen LogP contribution >= 0.6 is 0 Å². The molecule has 0 fully saturated rings. The Morgan fingerprint density at radius 1 is 1.13 bits per heavy atom. The van der Waals surface area contributed by atoms with E-state index in [0.29, 0.717) is 22.5 Å². The third-order valence-corrected chi connectivity index (χ3v) is 5.69. The van der Waals surface area contributed by atoms with E-state index in [1.165, 1.54) is 16.9 Å². The van der Waals surface area contributed by atoms with Gasteiger partial charge in [0.1, 0.15) is 16.2 Å². The Morgan fingerprint density at radius 3 is 2.65 bits per heavy atom. The Bertz CT molecular complexity index is 1480. The molecule has 0 unspecified atom stereocenters. The zero-order valence-corrected chi connectivity index (χ0v) is 17.6. The van der Waals surface area contributed by atoms with Gasteiger partial charge in [0, 0.05) is 23.7 Å². The minimum absolute atomic E-state index is 0.121. The minimum atomic E-state index is -3.74. The maximum absolute atomic E-state index is 13.8. The average molecular weight is 443 g/mol. The van der Waals surface area contributed by atoms with Crippen molar-refractivity contribution in [2.75, 3.05) is 17.0 Å². The first-order valence-electron chi connectivity index (χ1n) is 9.12. The smallest absolute Gasteiger partial charge is 0.406 e. The third kappa shape index (κ3) is 3.99. The summed E-state index contributed by atoms with van der Waals surface area (Å²) in [5.41, 5.74) is 5.69. The number of nitrogens with zero attached hydrogens (tertiary/aromatic N) is 3. The second-order valence-corrected chi connectivity index (χ2v) is 8.99. The minimum Gasteiger partial charge on any atom is -0.406 e. The van der Waals surface area contributed by atoms with E-state index in [0.717, 1.165) is 24.0 Å². The van der Waals surface area contributed by atoms with Crippen LogP contribution in [0.4, 0.5) is 21.8 Å². The van der Waals surface area contributed by atoms with Crippen molar-refractivity contribution in [3.05, 3.63) is 70.1 Å². The lowest BCUT2D eigenvalue weighted by Crippen LogP contribution is -2.23. The number of rotatable bonds is 5. The van der Waals surface area contributed by atoms with Crippen molar-refractivity contribution in [1.29, 1.82) is 0 Å². The molecule has 11 heteroatoms. The van der Waals surface area contributed by atoms with Crippen LogP contribution < -0.4 is 16.5 Å². The molecule has 0 radical (unpaired) electrons. The van der Waals surface area contributed by atoms with E-state index in [2.05, 4.69) is 20.7 Å². The molecule has 0 aliphatic carbocycles. The molecular weight excluding hydrogens is 425 g/mol. The topological polar surface area (TPSA) is 119 Å². The molecular formula is C20H18FN5O4S. The number of aryl methyl sites for hydroxylation is 2. The molecule has 0 atom stereocenters. The number of hydrogen-bond donors (Lipinski definition) is 2. The van der Waals surface area contributed by atoms with Crippen LogP contribution in [-0.4, -0.2) is 29.3 Å². The SMILES string of the molecule is Cc1cnc(Nc2ccc(F)c(S(C)(=O)=O)c2)nc1Nn1c(=O)oc2c(C)cccc21. The Kier molecular flexibility index (Phi) is 4.97. The maximum Gasteiger partial charge on any atom is 0.439 e. The maximum atomic E-state index is 13.8. The van der Waals surface area contributed by atoms with E-state index in [9.17, 15) is 17.6 Å². The van der Waals surface area contributed by atoms with Crippen molar-refractivity contribution >= 4 is 38.4 Å². The zero-order chi connectivity index (χ0) is 22.3. The van der Waals surface area contributed by atoms with Crippen LogP contribution in [-0.2, 0) is 9.84 Å². The van der Waals surface area contributed by atoms with Gasteiger partial charge in [-0.05, 0) is 43.7 Å². The Labute approximate surface area is 176 Å². The number of benzene rings is 2. The van der Waals surface area contributed by atoms with Gasteiger partial charge in [-0.15, -0.1) is 0 Å². The molecule has 2 heterocycles. The molecule has 4 rings (SSSR count). The second-order valence-electron chi connectivity index (χ2n) is 7.01. The highest BCUT2D eigenvalue weighted by molar-refractivity contribution is 7.90. The lowest BCUT2D eigenvalue weighted by Gasteiger charge is -2.12. The second kappa shape index (κ2) is 7.51. The highest BCUT2D eigenvalue weighted by Gasteiger charge is 2.16. The number of nitrogens with one attached hydrogen (secondary N) is 2. The van der Waals surface area contributed by atoms with E-state index < -0.39 is 26.3 Å². The number of aromatic nitrogens is 3. The Morgan fingerprint density at radius 2 is 1.90 bits per heavy atom. The number of para-hydroxylation sites is 1. The number of halogens is 1. The molecule has 0 saturated heterocycles. The van der Waals surface area contributed by atoms with E-state index >= 15 is 0 Å². The molecule has 0 bridgehead atoms. The van der Waals surface area contributed by atoms with E-state index in [1.54, 1.807) is 19.1 Å². The summed E-state index contributed by atoms with van der Waals surface area (Å²) >= 11 is 0. The van der Waals surface area contributed by atoms with Gasteiger partial charge in [-0.3, -0.25) is 5.43 Å². The van der Waals surface area contributed by atoms with Gasteiger partial charge < -0.3 is 9.73 Å². The van der Waals surface area contributed by atoms with Crippen LogP contribution in [0.3, 0.4) is 0 Å². The summed E-state index contributed by atoms with van der Waals surface area (Å²) < 4.78 is 43.9. The monoisotopic (exact) mass is 443 g/mol. The van der Waals surface area contributed by atoms with Gasteiger partial charge in [0.15, 0.2) is 21.2 Å². The zero-order valence-electron chi connectivity index (χ0n) is 16.8. The standard InChI is InChI=1S/C20H18FN5O4S/c1-11-5-4-6-15-17(11)30-20(27)26(15)25-18-12(2)10-22-19(24-18)23-13-7-8-14(21)16(9-13)31(3,28)29/h4-10H,1-3H3,(H2,22,23,24,25). The number of oxazole rings is 1. The molecule has 2 aromatic heterocycles. The lowest BCUT2D eigenvalue weighted by atomic mass is 10.2. The average Bonchev–Trinajstić information content (AvgIpc) is 3.02. The molecule has 160 valence electrons. The number of fused-ring (bicyclic) bond motifs is 1. The van der Waals surface area contributed by atoms with E-state index in [4.69, 9.17) is 4.42 Å². The molecule has 0 saturated carbocycles. The van der Waals surface area contributed by atoms with Gasteiger partial charge in [0.25, 0.3) is 0 Å². The first-order chi connectivity index (χ1) is 14.6. The van der Waals surface area contributed by atoms with Crippen molar-refractivity contribution in [3.63, 3.8) is 0 Å². The van der Waals surface area contributed by atoms with Crippen molar-refractivity contribution < 1.29 is 17.2 Å². The van der Waals surface area contributed by atoms with Gasteiger partial charge >= 0.3 is 5.76 Å². The molecule has 0 aliphatic rings. The van der Waals surface area contributed by atoms with Crippen molar-refractivity contribution in [2.24, 2.45) is 0 Å². The molecule has 9 nitrogen and oxygen atoms in total.